The van der Waals surface area contributed by atoms with Gasteiger partial charge < -0.3 is 5.32 Å². The molecule has 0 saturated carbocycles. The van der Waals surface area contributed by atoms with Crippen LogP contribution in [-0.2, 0) is 0 Å². The van der Waals surface area contributed by atoms with E-state index in [0.29, 0.717) is 28.3 Å². The van der Waals surface area contributed by atoms with Crippen molar-refractivity contribution >= 4 is 28.7 Å². The second-order valence-corrected chi connectivity index (χ2v) is 8.44. The number of benzene rings is 2. The van der Waals surface area contributed by atoms with Crippen LogP contribution in [0.15, 0.2) is 79.3 Å². The van der Waals surface area contributed by atoms with E-state index in [1.807, 2.05) is 55.6 Å². The Morgan fingerprint density at radius 1 is 0.971 bits per heavy atom. The molecule has 5 nitrogen and oxygen atoms in total. The number of nitrogens with zero attached hydrogens (tertiary/aromatic N) is 3. The predicted molar refractivity (Wildman–Crippen MR) is 133 cm³/mol. The highest BCUT2D eigenvalue weighted by atomic mass is 35.5. The lowest BCUT2D eigenvalue weighted by atomic mass is 10.0. The second-order valence-electron chi connectivity index (χ2n) is 8.04. The number of anilines is 1. The molecule has 7 heteroatoms. The molecule has 5 aromatic rings. The number of fused-ring (bicyclic) bond motifs is 1. The average Bonchev–Trinajstić information content (AvgIpc) is 3.27. The molecule has 3 heterocycles. The fraction of sp³-hybridized carbons (Fsp3) is 0.0741. The highest BCUT2D eigenvalue weighted by Gasteiger charge is 2.17. The zero-order valence-corrected chi connectivity index (χ0v) is 19.3. The van der Waals surface area contributed by atoms with Crippen LogP contribution in [0.3, 0.4) is 0 Å². The molecule has 0 unspecified atom stereocenters. The van der Waals surface area contributed by atoms with Crippen molar-refractivity contribution in [2.75, 3.05) is 5.32 Å². The van der Waals surface area contributed by atoms with Gasteiger partial charge in [-0.05, 0) is 50.2 Å². The Bertz CT molecular complexity index is 1540. The molecular weight excluding hydrogens is 451 g/mol. The van der Waals surface area contributed by atoms with Gasteiger partial charge in [0.2, 0.25) is 0 Å². The maximum absolute atomic E-state index is 14.7. The summed E-state index contributed by atoms with van der Waals surface area (Å²) in [5, 5.41) is 2.97. The molecule has 168 valence electrons. The zero-order valence-electron chi connectivity index (χ0n) is 18.5. The summed E-state index contributed by atoms with van der Waals surface area (Å²) in [5.74, 6) is -0.318. The van der Waals surface area contributed by atoms with Gasteiger partial charge in [-0.25, -0.2) is 9.37 Å². The third-order valence-corrected chi connectivity index (χ3v) is 6.01. The minimum Gasteiger partial charge on any atom is -0.322 e. The van der Waals surface area contributed by atoms with Gasteiger partial charge in [0.05, 0.1) is 33.6 Å². The Balaban J connectivity index is 1.55. The summed E-state index contributed by atoms with van der Waals surface area (Å²) < 4.78 is 16.5. The van der Waals surface area contributed by atoms with E-state index in [9.17, 15) is 9.18 Å². The number of nitrogens with one attached hydrogen (secondary N) is 1. The first kappa shape index (κ1) is 21.8. The molecule has 34 heavy (non-hydrogen) atoms. The van der Waals surface area contributed by atoms with Gasteiger partial charge in [-0.2, -0.15) is 0 Å². The molecule has 0 bridgehead atoms. The Morgan fingerprint density at radius 3 is 2.53 bits per heavy atom. The highest BCUT2D eigenvalue weighted by Crippen LogP contribution is 2.31. The minimum absolute atomic E-state index is 0.0392. The Kier molecular flexibility index (Phi) is 5.59. The van der Waals surface area contributed by atoms with Crippen LogP contribution < -0.4 is 5.32 Å². The lowest BCUT2D eigenvalue weighted by Crippen LogP contribution is -2.14. The summed E-state index contributed by atoms with van der Waals surface area (Å²) in [6.45, 7) is 3.79. The minimum atomic E-state index is -0.519. The Hall–Kier alpha value is -4.03. The summed E-state index contributed by atoms with van der Waals surface area (Å²) in [6, 6.07) is 18.0. The molecule has 0 aliphatic carbocycles. The molecule has 5 rings (SSSR count). The van der Waals surface area contributed by atoms with Crippen LogP contribution in [0.25, 0.3) is 28.0 Å². The summed E-state index contributed by atoms with van der Waals surface area (Å²) in [4.78, 5) is 21.9. The van der Waals surface area contributed by atoms with Crippen molar-refractivity contribution in [2.45, 2.75) is 13.8 Å². The number of carbonyl (C=O) groups is 1. The topological polar surface area (TPSA) is 59.3 Å². The van der Waals surface area contributed by atoms with Gasteiger partial charge in [0.1, 0.15) is 5.82 Å². The highest BCUT2D eigenvalue weighted by molar-refractivity contribution is 6.31. The predicted octanol–water partition coefficient (Wildman–Crippen LogP) is 6.72. The number of hydrogen-bond donors (Lipinski definition) is 1. The SMILES string of the molecule is Cc1ccc(NC(=O)c2cc(-c3cccn4c(-c5cccc(Cl)c5F)ncc34)cnc2C)cc1. The van der Waals surface area contributed by atoms with Crippen LogP contribution in [-0.4, -0.2) is 20.3 Å². The van der Waals surface area contributed by atoms with Gasteiger partial charge >= 0.3 is 0 Å². The molecule has 1 N–H and O–H groups in total. The fourth-order valence-corrected chi connectivity index (χ4v) is 4.06. The molecule has 0 aliphatic rings. The molecule has 2 aromatic carbocycles. The number of pyridine rings is 2. The third-order valence-electron chi connectivity index (χ3n) is 5.72. The number of aryl methyl sites for hydroxylation is 2. The number of amides is 1. The van der Waals surface area contributed by atoms with Crippen molar-refractivity contribution in [1.82, 2.24) is 14.4 Å². The van der Waals surface area contributed by atoms with Crippen molar-refractivity contribution in [2.24, 2.45) is 0 Å². The van der Waals surface area contributed by atoms with Gasteiger partial charge in [-0.3, -0.25) is 14.2 Å². The number of halogens is 2. The van der Waals surface area contributed by atoms with E-state index in [0.717, 1.165) is 22.2 Å². The number of imidazole rings is 1. The van der Waals surface area contributed by atoms with E-state index in [2.05, 4.69) is 15.3 Å². The van der Waals surface area contributed by atoms with Crippen LogP contribution in [0.4, 0.5) is 10.1 Å². The van der Waals surface area contributed by atoms with Crippen LogP contribution in [0.5, 0.6) is 0 Å². The number of rotatable bonds is 4. The van der Waals surface area contributed by atoms with Crippen LogP contribution >= 0.6 is 11.6 Å². The van der Waals surface area contributed by atoms with Crippen molar-refractivity contribution in [3.63, 3.8) is 0 Å². The van der Waals surface area contributed by atoms with Crippen LogP contribution in [0.2, 0.25) is 5.02 Å². The van der Waals surface area contributed by atoms with E-state index < -0.39 is 5.82 Å². The number of hydrogen-bond acceptors (Lipinski definition) is 3. The molecule has 0 saturated heterocycles. The zero-order chi connectivity index (χ0) is 23.8. The lowest BCUT2D eigenvalue weighted by Gasteiger charge is -2.11. The summed E-state index contributed by atoms with van der Waals surface area (Å²) in [7, 11) is 0. The largest absolute Gasteiger partial charge is 0.322 e. The molecule has 3 aromatic heterocycles. The first-order chi connectivity index (χ1) is 16.4. The van der Waals surface area contributed by atoms with Crippen molar-refractivity contribution < 1.29 is 9.18 Å². The van der Waals surface area contributed by atoms with Gasteiger partial charge in [-0.15, -0.1) is 0 Å². The smallest absolute Gasteiger partial charge is 0.257 e. The molecule has 0 aliphatic heterocycles. The Labute approximate surface area is 200 Å². The monoisotopic (exact) mass is 470 g/mol. The van der Waals surface area contributed by atoms with Gasteiger partial charge in [0.25, 0.3) is 5.91 Å². The quantitative estimate of drug-likeness (QED) is 0.317. The lowest BCUT2D eigenvalue weighted by molar-refractivity contribution is 0.102. The molecular formula is C27H20ClFN4O. The molecule has 0 atom stereocenters. The third kappa shape index (κ3) is 3.93. The molecule has 1 amide bonds. The van der Waals surface area contributed by atoms with E-state index in [1.165, 1.54) is 6.07 Å². The molecule has 0 radical (unpaired) electrons. The maximum atomic E-state index is 14.7. The van der Waals surface area contributed by atoms with E-state index >= 15 is 0 Å². The van der Waals surface area contributed by atoms with E-state index in [1.54, 1.807) is 35.9 Å². The van der Waals surface area contributed by atoms with Crippen LogP contribution in [0.1, 0.15) is 21.6 Å². The molecule has 0 spiro atoms. The van der Waals surface area contributed by atoms with Crippen LogP contribution in [0, 0.1) is 19.7 Å². The molecule has 0 fully saturated rings. The van der Waals surface area contributed by atoms with Crippen molar-refractivity contribution in [1.29, 1.82) is 0 Å². The number of carbonyl (C=O) groups excluding carboxylic acids is 1. The van der Waals surface area contributed by atoms with Gasteiger partial charge in [-0.1, -0.05) is 41.4 Å². The standard InChI is InChI=1S/C27H20ClFN4O/c1-16-8-10-19(11-9-16)32-27(34)22-13-18(14-30-17(22)2)20-6-4-12-33-24(20)15-31-26(33)21-5-3-7-23(28)25(21)29/h3-15H,1-2H3,(H,32,34). The first-order valence-corrected chi connectivity index (χ1v) is 11.1. The van der Waals surface area contributed by atoms with Gasteiger partial charge in [0.15, 0.2) is 5.82 Å². The first-order valence-electron chi connectivity index (χ1n) is 10.7. The normalized spacial score (nSPS) is 11.1. The second kappa shape index (κ2) is 8.72. The van der Waals surface area contributed by atoms with E-state index in [-0.39, 0.29) is 10.9 Å². The van der Waals surface area contributed by atoms with E-state index in [4.69, 9.17) is 11.6 Å². The summed E-state index contributed by atoms with van der Waals surface area (Å²) in [6.07, 6.45) is 5.21. The maximum Gasteiger partial charge on any atom is 0.257 e. The average molecular weight is 471 g/mol. The van der Waals surface area contributed by atoms with Gasteiger partial charge in [0, 0.05) is 29.2 Å². The van der Waals surface area contributed by atoms with Crippen molar-refractivity contribution in [3.05, 3.63) is 107 Å². The summed E-state index contributed by atoms with van der Waals surface area (Å²) >= 11 is 5.98. The Morgan fingerprint density at radius 2 is 1.74 bits per heavy atom. The number of aromatic nitrogens is 3. The summed E-state index contributed by atoms with van der Waals surface area (Å²) in [5.41, 5.74) is 5.56. The van der Waals surface area contributed by atoms with Crippen molar-refractivity contribution in [3.8, 4) is 22.5 Å². The fourth-order valence-electron chi connectivity index (χ4n) is 3.89.